The molecule has 4 atom stereocenters. The van der Waals surface area contributed by atoms with Crippen LogP contribution in [0, 0.1) is 28.5 Å². The van der Waals surface area contributed by atoms with Gasteiger partial charge in [-0.15, -0.1) is 0 Å². The first-order valence-corrected chi connectivity index (χ1v) is 11.5. The molecular weight excluding hydrogens is 426 g/mol. The average molecular weight is 444 g/mol. The first kappa shape index (κ1) is 21.4. The molecule has 2 aliphatic rings. The molecule has 4 rings (SSSR count). The number of rotatable bonds is 2. The molecule has 2 aromatic rings. The summed E-state index contributed by atoms with van der Waals surface area (Å²) in [5.41, 5.74) is -1.55. The summed E-state index contributed by atoms with van der Waals surface area (Å²) in [6, 6.07) is 8.34. The second kappa shape index (κ2) is 7.10. The van der Waals surface area contributed by atoms with Crippen molar-refractivity contribution in [2.75, 3.05) is 6.26 Å². The molecule has 0 bridgehead atoms. The van der Waals surface area contributed by atoms with Crippen molar-refractivity contribution in [2.24, 2.45) is 0 Å². The number of hydrogen-bond acceptors (Lipinski definition) is 6. The molecule has 0 unspecified atom stereocenters. The highest BCUT2D eigenvalue weighted by Gasteiger charge is 2.50. The van der Waals surface area contributed by atoms with Crippen LogP contribution in [0.5, 0.6) is 0 Å². The minimum Gasteiger partial charge on any atom is -0.388 e. The van der Waals surface area contributed by atoms with Gasteiger partial charge in [0.15, 0.2) is 9.84 Å². The van der Waals surface area contributed by atoms with Crippen LogP contribution >= 0.6 is 0 Å². The maximum Gasteiger partial charge on any atom is 0.229 e. The fourth-order valence-electron chi connectivity index (χ4n) is 4.82. The van der Waals surface area contributed by atoms with Gasteiger partial charge in [-0.3, -0.25) is 0 Å². The second-order valence-electron chi connectivity index (χ2n) is 8.08. The van der Waals surface area contributed by atoms with E-state index in [-0.39, 0.29) is 33.6 Å². The molecule has 6 nitrogen and oxygen atoms in total. The zero-order valence-corrected chi connectivity index (χ0v) is 17.2. The van der Waals surface area contributed by atoms with E-state index in [0.717, 1.165) is 18.4 Å². The SMILES string of the molecule is CS(=O)(=O)c1ccc([C@H]2CC[C@@H](O)c3cc(F)cc(C#N)c32)c2c1[C@H](O)[C@@](F)(C#N)C2. The summed E-state index contributed by atoms with van der Waals surface area (Å²) >= 11 is 0. The molecule has 9 heteroatoms. The molecule has 2 aliphatic carbocycles. The van der Waals surface area contributed by atoms with Crippen LogP contribution in [0.15, 0.2) is 29.2 Å². The van der Waals surface area contributed by atoms with Gasteiger partial charge in [0.05, 0.1) is 22.6 Å². The summed E-state index contributed by atoms with van der Waals surface area (Å²) < 4.78 is 53.7. The van der Waals surface area contributed by atoms with Gasteiger partial charge in [0, 0.05) is 24.2 Å². The Balaban J connectivity index is 2.01. The predicted octanol–water partition coefficient (Wildman–Crippen LogP) is 2.88. The number of halogens is 2. The average Bonchev–Trinajstić information content (AvgIpc) is 2.98. The van der Waals surface area contributed by atoms with Crippen molar-refractivity contribution in [1.82, 2.24) is 0 Å². The third-order valence-corrected chi connectivity index (χ3v) is 7.34. The fraction of sp³-hybridized carbons (Fsp3) is 0.364. The number of fused-ring (bicyclic) bond motifs is 2. The molecule has 31 heavy (non-hydrogen) atoms. The van der Waals surface area contributed by atoms with Crippen LogP contribution in [0.25, 0.3) is 0 Å². The third kappa shape index (κ3) is 3.21. The molecule has 0 fully saturated rings. The van der Waals surface area contributed by atoms with Crippen molar-refractivity contribution in [1.29, 1.82) is 10.5 Å². The van der Waals surface area contributed by atoms with Gasteiger partial charge < -0.3 is 10.2 Å². The monoisotopic (exact) mass is 444 g/mol. The first-order chi connectivity index (χ1) is 14.5. The number of aliphatic hydroxyl groups is 2. The van der Waals surface area contributed by atoms with Crippen molar-refractivity contribution >= 4 is 9.84 Å². The smallest absolute Gasteiger partial charge is 0.229 e. The van der Waals surface area contributed by atoms with Crippen molar-refractivity contribution < 1.29 is 27.4 Å². The summed E-state index contributed by atoms with van der Waals surface area (Å²) in [6.07, 6.45) is -1.94. The molecule has 0 heterocycles. The highest BCUT2D eigenvalue weighted by Crippen LogP contribution is 2.51. The van der Waals surface area contributed by atoms with E-state index in [1.165, 1.54) is 18.2 Å². The van der Waals surface area contributed by atoms with Crippen LogP contribution in [0.4, 0.5) is 8.78 Å². The van der Waals surface area contributed by atoms with Crippen LogP contribution in [-0.2, 0) is 16.3 Å². The summed E-state index contributed by atoms with van der Waals surface area (Å²) in [6.45, 7) is 0. The van der Waals surface area contributed by atoms with Gasteiger partial charge in [0.2, 0.25) is 5.67 Å². The lowest BCUT2D eigenvalue weighted by atomic mass is 9.74. The van der Waals surface area contributed by atoms with Crippen LogP contribution in [0.1, 0.15) is 64.3 Å². The van der Waals surface area contributed by atoms with Crippen LogP contribution in [0.3, 0.4) is 0 Å². The lowest BCUT2D eigenvalue weighted by molar-refractivity contribution is 0.0433. The molecule has 0 saturated heterocycles. The molecule has 0 amide bonds. The summed E-state index contributed by atoms with van der Waals surface area (Å²) in [5, 5.41) is 39.8. The van der Waals surface area contributed by atoms with Gasteiger partial charge in [-0.25, -0.2) is 17.2 Å². The van der Waals surface area contributed by atoms with Gasteiger partial charge in [-0.1, -0.05) is 6.07 Å². The maximum absolute atomic E-state index is 15.2. The van der Waals surface area contributed by atoms with E-state index in [1.54, 1.807) is 0 Å². The number of hydrogen-bond donors (Lipinski definition) is 2. The van der Waals surface area contributed by atoms with E-state index in [4.69, 9.17) is 0 Å². The quantitative estimate of drug-likeness (QED) is 0.735. The maximum atomic E-state index is 15.2. The zero-order valence-electron chi connectivity index (χ0n) is 16.4. The topological polar surface area (TPSA) is 122 Å². The summed E-state index contributed by atoms with van der Waals surface area (Å²) in [7, 11) is -3.83. The molecular formula is C22H18F2N2O4S. The van der Waals surface area contributed by atoms with Gasteiger partial charge >= 0.3 is 0 Å². The van der Waals surface area contributed by atoms with E-state index in [2.05, 4.69) is 0 Å². The highest BCUT2D eigenvalue weighted by atomic mass is 32.2. The van der Waals surface area contributed by atoms with Crippen molar-refractivity contribution in [3.8, 4) is 12.1 Å². The van der Waals surface area contributed by atoms with Gasteiger partial charge in [0.1, 0.15) is 18.0 Å². The fourth-order valence-corrected chi connectivity index (χ4v) is 5.77. The lowest BCUT2D eigenvalue weighted by Crippen LogP contribution is -2.26. The molecule has 160 valence electrons. The zero-order chi connectivity index (χ0) is 22.7. The van der Waals surface area contributed by atoms with Gasteiger partial charge in [-0.05, 0) is 53.3 Å². The number of benzene rings is 2. The Hall–Kier alpha value is -2.85. The third-order valence-electron chi connectivity index (χ3n) is 6.19. The van der Waals surface area contributed by atoms with Crippen molar-refractivity contribution in [2.45, 2.75) is 48.0 Å². The Labute approximate surface area is 177 Å². The molecule has 2 N–H and O–H groups in total. The normalized spacial score (nSPS) is 27.1. The molecule has 0 radical (unpaired) electrons. The summed E-state index contributed by atoms with van der Waals surface area (Å²) in [4.78, 5) is -0.260. The van der Waals surface area contributed by atoms with E-state index >= 15 is 4.39 Å². The van der Waals surface area contributed by atoms with E-state index in [0.29, 0.717) is 17.5 Å². The Morgan fingerprint density at radius 2 is 1.84 bits per heavy atom. The number of alkyl halides is 1. The Morgan fingerprint density at radius 3 is 2.45 bits per heavy atom. The number of nitriles is 2. The predicted molar refractivity (Wildman–Crippen MR) is 105 cm³/mol. The minimum absolute atomic E-state index is 0.0185. The van der Waals surface area contributed by atoms with Gasteiger partial charge in [-0.2, -0.15) is 10.5 Å². The van der Waals surface area contributed by atoms with Crippen molar-refractivity contribution in [3.05, 3.63) is 63.5 Å². The van der Waals surface area contributed by atoms with Gasteiger partial charge in [0.25, 0.3) is 0 Å². The molecule has 2 aromatic carbocycles. The summed E-state index contributed by atoms with van der Waals surface area (Å²) in [5.74, 6) is -1.24. The van der Waals surface area contributed by atoms with E-state index in [9.17, 15) is 33.5 Å². The number of sulfone groups is 1. The van der Waals surface area contributed by atoms with Crippen LogP contribution in [0.2, 0.25) is 0 Å². The molecule has 0 saturated carbocycles. The first-order valence-electron chi connectivity index (χ1n) is 9.57. The Bertz CT molecular complexity index is 1300. The number of nitrogens with zero attached hydrogens (tertiary/aromatic N) is 2. The lowest BCUT2D eigenvalue weighted by Gasteiger charge is -2.31. The largest absolute Gasteiger partial charge is 0.388 e. The van der Waals surface area contributed by atoms with Crippen LogP contribution < -0.4 is 0 Å². The Kier molecular flexibility index (Phi) is 4.90. The number of aliphatic hydroxyl groups excluding tert-OH is 2. The molecule has 0 aromatic heterocycles. The van der Waals surface area contributed by atoms with E-state index in [1.807, 2.05) is 6.07 Å². The van der Waals surface area contributed by atoms with Crippen LogP contribution in [-0.4, -0.2) is 30.6 Å². The minimum atomic E-state index is -3.83. The Morgan fingerprint density at radius 1 is 1.13 bits per heavy atom. The van der Waals surface area contributed by atoms with E-state index < -0.39 is 45.9 Å². The molecule has 0 spiro atoms. The standard InChI is InChI=1S/C22H18F2N2O4S/c1-31(29,30)18-5-3-13(16-8-22(24,10-26)21(28)20(16)18)14-2-4-17(27)15-7-12(23)6-11(9-25)19(14)15/h3,5-7,14,17,21,27-28H,2,4,8H2,1H3/t14-,17-,21+,22+/m1/s1. The second-order valence-corrected chi connectivity index (χ2v) is 10.1. The van der Waals surface area contributed by atoms with Crippen molar-refractivity contribution in [3.63, 3.8) is 0 Å². The highest BCUT2D eigenvalue weighted by molar-refractivity contribution is 7.90. The molecule has 0 aliphatic heterocycles.